The van der Waals surface area contributed by atoms with Gasteiger partial charge in [0.1, 0.15) is 6.33 Å². The van der Waals surface area contributed by atoms with Crippen LogP contribution in [0.25, 0.3) is 0 Å². The molecular weight excluding hydrogens is 228 g/mol. The van der Waals surface area contributed by atoms with Gasteiger partial charge in [0.25, 0.3) is 0 Å². The van der Waals surface area contributed by atoms with Crippen LogP contribution in [0.1, 0.15) is 11.7 Å². The topological polar surface area (TPSA) is 46.0 Å². The minimum absolute atomic E-state index is 0.444. The molecular formula is C10H10N2OS2. The summed E-state index contributed by atoms with van der Waals surface area (Å²) in [5, 5.41) is 9.85. The Morgan fingerprint density at radius 3 is 2.80 bits per heavy atom. The molecule has 0 bridgehead atoms. The van der Waals surface area contributed by atoms with Crippen molar-refractivity contribution in [2.45, 2.75) is 10.4 Å². The monoisotopic (exact) mass is 238 g/mol. The molecule has 0 aliphatic rings. The summed E-state index contributed by atoms with van der Waals surface area (Å²) in [5.41, 5.74) is 0.939. The van der Waals surface area contributed by atoms with Crippen LogP contribution in [0.4, 0.5) is 0 Å². The average molecular weight is 238 g/mol. The molecule has 78 valence electrons. The largest absolute Gasteiger partial charge is 0.388 e. The Kier molecular flexibility index (Phi) is 3.71. The normalized spacial score (nSPS) is 12.6. The molecule has 0 spiro atoms. The molecule has 0 aliphatic heterocycles. The summed E-state index contributed by atoms with van der Waals surface area (Å²) >= 11 is 2.88. The summed E-state index contributed by atoms with van der Waals surface area (Å²) in [5.74, 6) is 0.610. The summed E-state index contributed by atoms with van der Waals surface area (Å²) in [6.07, 6.45) is 1.09. The van der Waals surface area contributed by atoms with E-state index >= 15 is 0 Å². The maximum absolute atomic E-state index is 9.85. The van der Waals surface area contributed by atoms with Crippen molar-refractivity contribution in [1.29, 1.82) is 0 Å². The fourth-order valence-electron chi connectivity index (χ4n) is 1.15. The molecule has 1 heterocycles. The third-order valence-corrected chi connectivity index (χ3v) is 3.76. The van der Waals surface area contributed by atoms with Gasteiger partial charge < -0.3 is 5.11 Å². The van der Waals surface area contributed by atoms with Crippen molar-refractivity contribution in [2.75, 3.05) is 5.75 Å². The number of hydrogen-bond acceptors (Lipinski definition) is 5. The lowest BCUT2D eigenvalue weighted by Gasteiger charge is -2.08. The summed E-state index contributed by atoms with van der Waals surface area (Å²) < 4.78 is 4.79. The Morgan fingerprint density at radius 2 is 2.13 bits per heavy atom. The van der Waals surface area contributed by atoms with Crippen molar-refractivity contribution in [3.05, 3.63) is 42.2 Å². The molecule has 0 saturated heterocycles. The van der Waals surface area contributed by atoms with E-state index in [1.165, 1.54) is 29.6 Å². The van der Waals surface area contributed by atoms with Crippen LogP contribution in [0.2, 0.25) is 0 Å². The van der Waals surface area contributed by atoms with Crippen molar-refractivity contribution in [2.24, 2.45) is 0 Å². The molecule has 1 N–H and O–H groups in total. The second kappa shape index (κ2) is 5.25. The van der Waals surface area contributed by atoms with Crippen LogP contribution in [0.15, 0.2) is 41.0 Å². The van der Waals surface area contributed by atoms with E-state index < -0.39 is 6.10 Å². The molecule has 0 radical (unpaired) electrons. The van der Waals surface area contributed by atoms with Gasteiger partial charge in [-0.25, -0.2) is 4.98 Å². The first-order chi connectivity index (χ1) is 7.36. The Labute approximate surface area is 96.4 Å². The highest BCUT2D eigenvalue weighted by Gasteiger charge is 2.08. The van der Waals surface area contributed by atoms with E-state index in [0.29, 0.717) is 5.75 Å². The van der Waals surface area contributed by atoms with E-state index in [4.69, 9.17) is 0 Å². The zero-order valence-electron chi connectivity index (χ0n) is 7.91. The van der Waals surface area contributed by atoms with E-state index in [1.54, 1.807) is 0 Å². The minimum Gasteiger partial charge on any atom is -0.388 e. The van der Waals surface area contributed by atoms with Gasteiger partial charge in [-0.2, -0.15) is 4.37 Å². The Hall–Kier alpha value is -0.910. The number of hydrogen-bond donors (Lipinski definition) is 1. The van der Waals surface area contributed by atoms with Crippen molar-refractivity contribution in [1.82, 2.24) is 9.36 Å². The number of benzene rings is 1. The number of thioether (sulfide) groups is 1. The maximum Gasteiger partial charge on any atom is 0.169 e. The van der Waals surface area contributed by atoms with Gasteiger partial charge in [-0.1, -0.05) is 42.1 Å². The van der Waals surface area contributed by atoms with Gasteiger partial charge >= 0.3 is 0 Å². The summed E-state index contributed by atoms with van der Waals surface area (Å²) in [7, 11) is 0. The Morgan fingerprint density at radius 1 is 1.33 bits per heavy atom. The Bertz CT molecular complexity index is 391. The summed E-state index contributed by atoms with van der Waals surface area (Å²) in [4.78, 5) is 4.04. The van der Waals surface area contributed by atoms with Crippen molar-refractivity contribution in [3.63, 3.8) is 0 Å². The van der Waals surface area contributed by atoms with Crippen LogP contribution in [-0.2, 0) is 0 Å². The average Bonchev–Trinajstić information content (AvgIpc) is 2.80. The fourth-order valence-corrected chi connectivity index (χ4v) is 2.59. The van der Waals surface area contributed by atoms with Crippen molar-refractivity contribution >= 4 is 23.3 Å². The van der Waals surface area contributed by atoms with Gasteiger partial charge in [0, 0.05) is 5.75 Å². The molecule has 1 aromatic heterocycles. The van der Waals surface area contributed by atoms with Crippen LogP contribution in [0.3, 0.4) is 0 Å². The van der Waals surface area contributed by atoms with Crippen LogP contribution < -0.4 is 0 Å². The van der Waals surface area contributed by atoms with Crippen LogP contribution in [0.5, 0.6) is 0 Å². The van der Waals surface area contributed by atoms with E-state index in [2.05, 4.69) is 9.36 Å². The zero-order valence-corrected chi connectivity index (χ0v) is 9.54. The molecule has 1 aromatic carbocycles. The van der Waals surface area contributed by atoms with E-state index in [-0.39, 0.29) is 0 Å². The number of aliphatic hydroxyl groups is 1. The first kappa shape index (κ1) is 10.6. The van der Waals surface area contributed by atoms with Crippen molar-refractivity contribution < 1.29 is 5.11 Å². The molecule has 0 amide bonds. The fraction of sp³-hybridized carbons (Fsp3) is 0.200. The number of rotatable bonds is 4. The zero-order chi connectivity index (χ0) is 10.5. The highest BCUT2D eigenvalue weighted by molar-refractivity contribution is 8.00. The first-order valence-corrected chi connectivity index (χ1v) is 6.24. The lowest BCUT2D eigenvalue weighted by Crippen LogP contribution is -1.99. The van der Waals surface area contributed by atoms with E-state index in [0.717, 1.165) is 9.90 Å². The lowest BCUT2D eigenvalue weighted by molar-refractivity contribution is 0.204. The molecule has 15 heavy (non-hydrogen) atoms. The summed E-state index contributed by atoms with van der Waals surface area (Å²) in [6.45, 7) is 0. The summed E-state index contributed by atoms with van der Waals surface area (Å²) in [6, 6.07) is 9.63. The van der Waals surface area contributed by atoms with Crippen LogP contribution in [-0.4, -0.2) is 20.2 Å². The molecule has 5 heteroatoms. The van der Waals surface area contributed by atoms with Gasteiger partial charge in [-0.05, 0) is 17.1 Å². The third-order valence-electron chi connectivity index (χ3n) is 1.89. The minimum atomic E-state index is -0.444. The number of nitrogens with zero attached hydrogens (tertiary/aromatic N) is 2. The molecule has 0 fully saturated rings. The van der Waals surface area contributed by atoms with Gasteiger partial charge in [-0.15, -0.1) is 0 Å². The lowest BCUT2D eigenvalue weighted by atomic mass is 10.1. The predicted molar refractivity (Wildman–Crippen MR) is 62.0 cm³/mol. The highest BCUT2D eigenvalue weighted by Crippen LogP contribution is 2.24. The molecule has 2 aromatic rings. The number of aromatic nitrogens is 2. The quantitative estimate of drug-likeness (QED) is 0.831. The first-order valence-electron chi connectivity index (χ1n) is 4.49. The third kappa shape index (κ3) is 3.02. The standard InChI is InChI=1S/C10H10N2OS2/c13-9(8-4-2-1-3-5-8)6-14-10-11-7-12-15-10/h1-5,7,9,13H,6H2. The van der Waals surface area contributed by atoms with Gasteiger partial charge in [0.15, 0.2) is 4.34 Å². The van der Waals surface area contributed by atoms with Crippen LogP contribution in [0, 0.1) is 0 Å². The molecule has 0 aliphatic carbocycles. The molecule has 1 atom stereocenters. The molecule has 1 unspecified atom stereocenters. The predicted octanol–water partition coefficient (Wildman–Crippen LogP) is 2.36. The Balaban J connectivity index is 1.90. The second-order valence-electron chi connectivity index (χ2n) is 2.94. The molecule has 3 nitrogen and oxygen atoms in total. The molecule has 0 saturated carbocycles. The maximum atomic E-state index is 9.85. The second-order valence-corrected chi connectivity index (χ2v) is 4.99. The molecule has 2 rings (SSSR count). The van der Waals surface area contributed by atoms with Crippen molar-refractivity contribution in [3.8, 4) is 0 Å². The van der Waals surface area contributed by atoms with E-state index in [1.807, 2.05) is 30.3 Å². The van der Waals surface area contributed by atoms with Gasteiger partial charge in [-0.3, -0.25) is 0 Å². The van der Waals surface area contributed by atoms with Gasteiger partial charge in [0.05, 0.1) is 6.10 Å². The number of aliphatic hydroxyl groups excluding tert-OH is 1. The van der Waals surface area contributed by atoms with Crippen LogP contribution >= 0.6 is 23.3 Å². The SMILES string of the molecule is OC(CSc1ncns1)c1ccccc1. The highest BCUT2D eigenvalue weighted by atomic mass is 32.2. The smallest absolute Gasteiger partial charge is 0.169 e. The van der Waals surface area contributed by atoms with Gasteiger partial charge in [0.2, 0.25) is 0 Å². The van der Waals surface area contributed by atoms with E-state index in [9.17, 15) is 5.11 Å².